The van der Waals surface area contributed by atoms with Crippen LogP contribution in [0, 0.1) is 12.3 Å². The number of aromatic nitrogens is 4. The molecule has 3 N–H and O–H groups in total. The van der Waals surface area contributed by atoms with Gasteiger partial charge in [-0.25, -0.2) is 0 Å². The number of fused-ring (bicyclic) bond motifs is 1. The maximum absolute atomic E-state index is 4.68. The van der Waals surface area contributed by atoms with Crippen molar-refractivity contribution in [1.29, 1.82) is 0 Å². The number of rotatable bonds is 8. The first kappa shape index (κ1) is 25.5. The third-order valence-electron chi connectivity index (χ3n) is 6.33. The lowest BCUT2D eigenvalue weighted by Crippen LogP contribution is -2.10. The fraction of sp³-hybridized carbons (Fsp3) is 0.188. The number of aromatic amines is 2. The number of hydrogen-bond donors (Lipinski definition) is 3. The Bertz CT molecular complexity index is 1640. The number of pyridine rings is 1. The summed E-state index contributed by atoms with van der Waals surface area (Å²) in [6.45, 7) is 16.9. The number of thiophene rings is 1. The van der Waals surface area contributed by atoms with Crippen molar-refractivity contribution >= 4 is 33.5 Å². The van der Waals surface area contributed by atoms with Crippen LogP contribution in [-0.4, -0.2) is 20.2 Å². The standard InChI is InChI=1S/C32H33N5S/c1-7-9-25(30-10-8-13-38-30)26-16-29(35-21(26)3)31-27-15-22(11-12-28(27)36-37-31)23-14-24(19-33-18-23)34-20(2)17-32(4,5)6/h7-16,18-19,34-35H,1-2,17H2,3-6H3,(H,36,37)/b25-9+. The summed E-state index contributed by atoms with van der Waals surface area (Å²) < 4.78 is 0. The summed E-state index contributed by atoms with van der Waals surface area (Å²) in [7, 11) is 0. The molecule has 6 heteroatoms. The van der Waals surface area contributed by atoms with Crippen molar-refractivity contribution in [2.45, 2.75) is 34.1 Å². The first-order valence-corrected chi connectivity index (χ1v) is 13.5. The van der Waals surface area contributed by atoms with Gasteiger partial charge in [-0.05, 0) is 60.0 Å². The van der Waals surface area contributed by atoms with Gasteiger partial charge >= 0.3 is 0 Å². The second-order valence-corrected chi connectivity index (χ2v) is 11.7. The number of hydrogen-bond acceptors (Lipinski definition) is 4. The molecule has 5 aromatic rings. The topological polar surface area (TPSA) is 69.4 Å². The van der Waals surface area contributed by atoms with Gasteiger partial charge in [0.15, 0.2) is 0 Å². The third-order valence-corrected chi connectivity index (χ3v) is 7.23. The molecule has 4 heterocycles. The minimum atomic E-state index is 0.167. The van der Waals surface area contributed by atoms with Crippen LogP contribution in [0.1, 0.15) is 43.3 Å². The molecule has 192 valence electrons. The largest absolute Gasteiger partial charge is 0.358 e. The average molecular weight is 520 g/mol. The number of allylic oxidation sites excluding steroid dienone is 3. The minimum absolute atomic E-state index is 0.167. The van der Waals surface area contributed by atoms with Gasteiger partial charge in [-0.15, -0.1) is 11.3 Å². The van der Waals surface area contributed by atoms with Crippen LogP contribution in [0.3, 0.4) is 0 Å². The second kappa shape index (κ2) is 10.3. The maximum atomic E-state index is 4.68. The highest BCUT2D eigenvalue weighted by atomic mass is 32.1. The molecule has 0 aliphatic carbocycles. The molecule has 0 radical (unpaired) electrons. The van der Waals surface area contributed by atoms with Crippen LogP contribution in [0.2, 0.25) is 0 Å². The van der Waals surface area contributed by atoms with Crippen LogP contribution in [0.5, 0.6) is 0 Å². The molecular formula is C32H33N5S. The molecule has 0 unspecified atom stereocenters. The van der Waals surface area contributed by atoms with E-state index in [1.165, 1.54) is 4.88 Å². The summed E-state index contributed by atoms with van der Waals surface area (Å²) in [5.74, 6) is 0. The van der Waals surface area contributed by atoms with E-state index in [-0.39, 0.29) is 5.41 Å². The number of benzene rings is 1. The SMILES string of the molecule is C=C/C=C(/c1cccs1)c1cc(-c2n[nH]c3ccc(-c4cncc(NC(=C)CC(C)(C)C)c4)cc23)[nH]c1C. The number of H-pyrrole nitrogens is 2. The van der Waals surface area contributed by atoms with E-state index in [1.54, 1.807) is 11.3 Å². The molecule has 5 rings (SSSR count). The third kappa shape index (κ3) is 5.41. The molecule has 0 fully saturated rings. The van der Waals surface area contributed by atoms with Gasteiger partial charge in [0.05, 0.1) is 23.1 Å². The van der Waals surface area contributed by atoms with Gasteiger partial charge in [-0.3, -0.25) is 10.1 Å². The van der Waals surface area contributed by atoms with Crippen molar-refractivity contribution in [1.82, 2.24) is 20.2 Å². The highest BCUT2D eigenvalue weighted by molar-refractivity contribution is 7.11. The smallest absolute Gasteiger partial charge is 0.116 e. The van der Waals surface area contributed by atoms with Crippen LogP contribution in [0.25, 0.3) is 39.0 Å². The molecule has 4 aromatic heterocycles. The fourth-order valence-corrected chi connectivity index (χ4v) is 5.54. The zero-order chi connectivity index (χ0) is 26.9. The van der Waals surface area contributed by atoms with Gasteiger partial charge in [0.2, 0.25) is 0 Å². The molecule has 0 aliphatic rings. The summed E-state index contributed by atoms with van der Waals surface area (Å²) in [4.78, 5) is 9.26. The van der Waals surface area contributed by atoms with Crippen LogP contribution in [0.4, 0.5) is 5.69 Å². The Balaban J connectivity index is 1.49. The van der Waals surface area contributed by atoms with E-state index in [1.807, 2.05) is 18.5 Å². The van der Waals surface area contributed by atoms with Crippen molar-refractivity contribution in [2.75, 3.05) is 5.32 Å². The van der Waals surface area contributed by atoms with Gasteiger partial charge in [0.25, 0.3) is 0 Å². The predicted molar refractivity (Wildman–Crippen MR) is 162 cm³/mol. The Morgan fingerprint density at radius 3 is 2.68 bits per heavy atom. The molecule has 38 heavy (non-hydrogen) atoms. The molecule has 0 amide bonds. The molecule has 0 spiro atoms. The van der Waals surface area contributed by atoms with Gasteiger partial charge < -0.3 is 10.3 Å². The van der Waals surface area contributed by atoms with Crippen molar-refractivity contribution in [2.24, 2.45) is 5.41 Å². The molecule has 0 saturated heterocycles. The Labute approximate surface area is 228 Å². The van der Waals surface area contributed by atoms with Crippen molar-refractivity contribution in [3.05, 3.63) is 107 Å². The van der Waals surface area contributed by atoms with Gasteiger partial charge in [0, 0.05) is 44.6 Å². The summed E-state index contributed by atoms with van der Waals surface area (Å²) in [5, 5.41) is 14.5. The second-order valence-electron chi connectivity index (χ2n) is 10.8. The maximum Gasteiger partial charge on any atom is 0.116 e. The highest BCUT2D eigenvalue weighted by Gasteiger charge is 2.17. The quantitative estimate of drug-likeness (QED) is 0.179. The summed E-state index contributed by atoms with van der Waals surface area (Å²) in [6.07, 6.45) is 8.52. The highest BCUT2D eigenvalue weighted by Crippen LogP contribution is 2.35. The number of aryl methyl sites for hydroxylation is 1. The Morgan fingerprint density at radius 2 is 1.95 bits per heavy atom. The first-order valence-electron chi connectivity index (χ1n) is 12.7. The predicted octanol–water partition coefficient (Wildman–Crippen LogP) is 8.97. The molecule has 0 bridgehead atoms. The lowest BCUT2D eigenvalue weighted by Gasteiger charge is -2.20. The number of anilines is 1. The molecule has 5 nitrogen and oxygen atoms in total. The number of nitrogens with one attached hydrogen (secondary N) is 3. The average Bonchev–Trinajstić information content (AvgIpc) is 3.61. The molecule has 1 aromatic carbocycles. The lowest BCUT2D eigenvalue weighted by molar-refractivity contribution is 0.411. The zero-order valence-corrected chi connectivity index (χ0v) is 23.2. The molecular weight excluding hydrogens is 486 g/mol. The van der Waals surface area contributed by atoms with Crippen molar-refractivity contribution < 1.29 is 0 Å². The van der Waals surface area contributed by atoms with Crippen LogP contribution < -0.4 is 5.32 Å². The summed E-state index contributed by atoms with van der Waals surface area (Å²) >= 11 is 1.72. The van der Waals surface area contributed by atoms with Gasteiger partial charge in [-0.2, -0.15) is 5.10 Å². The van der Waals surface area contributed by atoms with E-state index in [0.717, 1.165) is 68.1 Å². The molecule has 0 atom stereocenters. The first-order chi connectivity index (χ1) is 18.2. The molecule has 0 aliphatic heterocycles. The van der Waals surface area contributed by atoms with Crippen molar-refractivity contribution in [3.63, 3.8) is 0 Å². The fourth-order valence-electron chi connectivity index (χ4n) is 4.77. The van der Waals surface area contributed by atoms with Crippen LogP contribution in [-0.2, 0) is 0 Å². The van der Waals surface area contributed by atoms with E-state index >= 15 is 0 Å². The van der Waals surface area contributed by atoms with Gasteiger partial charge in [-0.1, -0.05) is 58.2 Å². The van der Waals surface area contributed by atoms with Crippen LogP contribution in [0.15, 0.2) is 91.2 Å². The Kier molecular flexibility index (Phi) is 6.91. The Morgan fingerprint density at radius 1 is 1.11 bits per heavy atom. The summed E-state index contributed by atoms with van der Waals surface area (Å²) in [5.41, 5.74) is 10.4. The van der Waals surface area contributed by atoms with Gasteiger partial charge in [0.1, 0.15) is 5.69 Å². The zero-order valence-electron chi connectivity index (χ0n) is 22.4. The Hall–Kier alpha value is -4.16. The number of nitrogens with zero attached hydrogens (tertiary/aromatic N) is 2. The summed E-state index contributed by atoms with van der Waals surface area (Å²) in [6, 6.07) is 14.9. The van der Waals surface area contributed by atoms with E-state index in [9.17, 15) is 0 Å². The van der Waals surface area contributed by atoms with E-state index in [4.69, 9.17) is 0 Å². The van der Waals surface area contributed by atoms with Crippen LogP contribution >= 0.6 is 11.3 Å². The minimum Gasteiger partial charge on any atom is -0.358 e. The monoisotopic (exact) mass is 519 g/mol. The molecule has 0 saturated carbocycles. The normalized spacial score (nSPS) is 12.2. The van der Waals surface area contributed by atoms with Crippen molar-refractivity contribution in [3.8, 4) is 22.5 Å². The lowest BCUT2D eigenvalue weighted by atomic mass is 9.91. The van der Waals surface area contributed by atoms with E-state index in [0.29, 0.717) is 0 Å². The van der Waals surface area contributed by atoms with E-state index in [2.05, 4.69) is 120 Å². The van der Waals surface area contributed by atoms with E-state index < -0.39 is 0 Å².